The monoisotopic (exact) mass is 247 g/mol. The Kier molecular flexibility index (Phi) is 4.41. The zero-order valence-electron chi connectivity index (χ0n) is 11.8. The van der Waals surface area contributed by atoms with Gasteiger partial charge < -0.3 is 10.1 Å². The minimum atomic E-state index is 0.240. The molecule has 1 unspecified atom stereocenters. The first kappa shape index (κ1) is 13.6. The van der Waals surface area contributed by atoms with Crippen LogP contribution in [0.2, 0.25) is 0 Å². The van der Waals surface area contributed by atoms with Gasteiger partial charge in [-0.1, -0.05) is 45.0 Å². The molecule has 0 bridgehead atoms. The fraction of sp³-hybridized carbons (Fsp3) is 0.625. The first-order chi connectivity index (χ1) is 8.55. The van der Waals surface area contributed by atoms with Gasteiger partial charge in [-0.2, -0.15) is 0 Å². The van der Waals surface area contributed by atoms with Crippen LogP contribution in [-0.4, -0.2) is 19.3 Å². The molecular weight excluding hydrogens is 222 g/mol. The summed E-state index contributed by atoms with van der Waals surface area (Å²) < 4.78 is 5.59. The maximum atomic E-state index is 5.59. The highest BCUT2D eigenvalue weighted by Gasteiger charge is 2.15. The van der Waals surface area contributed by atoms with Crippen LogP contribution >= 0.6 is 0 Å². The molecule has 18 heavy (non-hydrogen) atoms. The summed E-state index contributed by atoms with van der Waals surface area (Å²) in [4.78, 5) is 0. The van der Waals surface area contributed by atoms with Gasteiger partial charge >= 0.3 is 0 Å². The maximum absolute atomic E-state index is 5.59. The highest BCUT2D eigenvalue weighted by molar-refractivity contribution is 5.27. The Morgan fingerprint density at radius 2 is 1.94 bits per heavy atom. The van der Waals surface area contributed by atoms with Crippen LogP contribution in [0.15, 0.2) is 24.3 Å². The molecule has 2 rings (SSSR count). The summed E-state index contributed by atoms with van der Waals surface area (Å²) in [7, 11) is 0. The fourth-order valence-electron chi connectivity index (χ4n) is 2.31. The number of rotatable bonds is 4. The van der Waals surface area contributed by atoms with E-state index in [2.05, 4.69) is 50.4 Å². The van der Waals surface area contributed by atoms with E-state index in [1.54, 1.807) is 0 Å². The molecule has 100 valence electrons. The molecule has 1 atom stereocenters. The lowest BCUT2D eigenvalue weighted by Gasteiger charge is -2.19. The molecule has 1 saturated heterocycles. The molecule has 1 aliphatic heterocycles. The Balaban J connectivity index is 1.79. The van der Waals surface area contributed by atoms with Gasteiger partial charge in [0.15, 0.2) is 0 Å². The van der Waals surface area contributed by atoms with E-state index in [-0.39, 0.29) is 5.41 Å². The molecule has 2 heteroatoms. The van der Waals surface area contributed by atoms with E-state index in [1.165, 1.54) is 24.0 Å². The molecule has 1 fully saturated rings. The third-order valence-corrected chi connectivity index (χ3v) is 3.55. The molecule has 1 aromatic carbocycles. The first-order valence-electron chi connectivity index (χ1n) is 6.97. The molecule has 0 amide bonds. The summed E-state index contributed by atoms with van der Waals surface area (Å²) in [5, 5.41) is 3.48. The molecule has 0 aromatic heterocycles. The van der Waals surface area contributed by atoms with Crippen molar-refractivity contribution in [1.29, 1.82) is 0 Å². The summed E-state index contributed by atoms with van der Waals surface area (Å²) in [5.74, 6) is 0. The lowest BCUT2D eigenvalue weighted by molar-refractivity contribution is 0.110. The Morgan fingerprint density at radius 3 is 2.50 bits per heavy atom. The average molecular weight is 247 g/mol. The number of benzene rings is 1. The predicted molar refractivity (Wildman–Crippen MR) is 75.8 cm³/mol. The molecule has 1 aliphatic rings. The molecule has 1 heterocycles. The van der Waals surface area contributed by atoms with Crippen molar-refractivity contribution in [2.24, 2.45) is 0 Å². The van der Waals surface area contributed by atoms with Crippen molar-refractivity contribution >= 4 is 0 Å². The summed E-state index contributed by atoms with van der Waals surface area (Å²) in [6.45, 7) is 9.59. The molecule has 2 nitrogen and oxygen atoms in total. The van der Waals surface area contributed by atoms with Crippen molar-refractivity contribution < 1.29 is 4.74 Å². The summed E-state index contributed by atoms with van der Waals surface area (Å²) in [6.07, 6.45) is 2.85. The van der Waals surface area contributed by atoms with Gasteiger partial charge in [-0.25, -0.2) is 0 Å². The standard InChI is InChI=1S/C16H25NO/c1-16(2,3)14-8-6-13(7-9-14)11-17-12-15-5-4-10-18-15/h6-9,15,17H,4-5,10-12H2,1-3H3. The largest absolute Gasteiger partial charge is 0.377 e. The van der Waals surface area contributed by atoms with E-state index < -0.39 is 0 Å². The zero-order valence-corrected chi connectivity index (χ0v) is 11.8. The predicted octanol–water partition coefficient (Wildman–Crippen LogP) is 3.25. The Labute approximate surface area is 111 Å². The van der Waals surface area contributed by atoms with E-state index >= 15 is 0 Å². The van der Waals surface area contributed by atoms with Crippen molar-refractivity contribution in [3.8, 4) is 0 Å². The van der Waals surface area contributed by atoms with Gasteiger partial charge in [0.05, 0.1) is 6.10 Å². The van der Waals surface area contributed by atoms with Crippen LogP contribution in [0.3, 0.4) is 0 Å². The molecule has 0 saturated carbocycles. The highest BCUT2D eigenvalue weighted by Crippen LogP contribution is 2.22. The molecule has 0 spiro atoms. The van der Waals surface area contributed by atoms with Gasteiger partial charge in [-0.15, -0.1) is 0 Å². The van der Waals surface area contributed by atoms with Crippen molar-refractivity contribution in [3.63, 3.8) is 0 Å². The van der Waals surface area contributed by atoms with Crippen LogP contribution in [0.25, 0.3) is 0 Å². The normalized spacial score (nSPS) is 20.3. The maximum Gasteiger partial charge on any atom is 0.0700 e. The minimum absolute atomic E-state index is 0.240. The van der Waals surface area contributed by atoms with Gasteiger partial charge in [0.1, 0.15) is 0 Å². The zero-order chi connectivity index (χ0) is 13.0. The van der Waals surface area contributed by atoms with E-state index in [1.807, 2.05) is 0 Å². The van der Waals surface area contributed by atoms with Gasteiger partial charge in [0, 0.05) is 19.7 Å². The second-order valence-electron chi connectivity index (χ2n) is 6.21. The van der Waals surface area contributed by atoms with Crippen molar-refractivity contribution in [2.75, 3.05) is 13.2 Å². The smallest absolute Gasteiger partial charge is 0.0700 e. The lowest BCUT2D eigenvalue weighted by atomic mass is 9.87. The van der Waals surface area contributed by atoms with Crippen LogP contribution < -0.4 is 5.32 Å². The van der Waals surface area contributed by atoms with Crippen molar-refractivity contribution in [3.05, 3.63) is 35.4 Å². The molecule has 1 N–H and O–H groups in total. The van der Waals surface area contributed by atoms with Gasteiger partial charge in [-0.05, 0) is 29.4 Å². The van der Waals surface area contributed by atoms with E-state index in [9.17, 15) is 0 Å². The third kappa shape index (κ3) is 3.82. The van der Waals surface area contributed by atoms with Gasteiger partial charge in [0.25, 0.3) is 0 Å². The van der Waals surface area contributed by atoms with E-state index in [0.29, 0.717) is 6.10 Å². The second-order valence-corrected chi connectivity index (χ2v) is 6.21. The number of ether oxygens (including phenoxy) is 1. The van der Waals surface area contributed by atoms with Crippen LogP contribution in [0.4, 0.5) is 0 Å². The van der Waals surface area contributed by atoms with Crippen molar-refractivity contribution in [1.82, 2.24) is 5.32 Å². The first-order valence-corrected chi connectivity index (χ1v) is 6.97. The second kappa shape index (κ2) is 5.85. The Bertz CT molecular complexity index is 358. The van der Waals surface area contributed by atoms with Crippen LogP contribution in [0, 0.1) is 0 Å². The van der Waals surface area contributed by atoms with Crippen LogP contribution in [0.5, 0.6) is 0 Å². The number of hydrogen-bond acceptors (Lipinski definition) is 2. The van der Waals surface area contributed by atoms with E-state index in [4.69, 9.17) is 4.74 Å². The summed E-state index contributed by atoms with van der Waals surface area (Å²) in [5.41, 5.74) is 2.98. The fourth-order valence-corrected chi connectivity index (χ4v) is 2.31. The van der Waals surface area contributed by atoms with Crippen LogP contribution in [-0.2, 0) is 16.7 Å². The average Bonchev–Trinajstić information content (AvgIpc) is 2.82. The number of nitrogens with one attached hydrogen (secondary N) is 1. The summed E-state index contributed by atoms with van der Waals surface area (Å²) in [6, 6.07) is 8.93. The molecule has 1 aromatic rings. The quantitative estimate of drug-likeness (QED) is 0.882. The van der Waals surface area contributed by atoms with Crippen LogP contribution in [0.1, 0.15) is 44.7 Å². The topological polar surface area (TPSA) is 21.3 Å². The Hall–Kier alpha value is -0.860. The molecule has 0 radical (unpaired) electrons. The van der Waals surface area contributed by atoms with E-state index in [0.717, 1.165) is 19.7 Å². The van der Waals surface area contributed by atoms with Crippen molar-refractivity contribution in [2.45, 2.75) is 51.7 Å². The number of hydrogen-bond donors (Lipinski definition) is 1. The van der Waals surface area contributed by atoms with Gasteiger partial charge in [0.2, 0.25) is 0 Å². The third-order valence-electron chi connectivity index (χ3n) is 3.55. The molecular formula is C16H25NO. The SMILES string of the molecule is CC(C)(C)c1ccc(CNCC2CCCO2)cc1. The summed E-state index contributed by atoms with van der Waals surface area (Å²) >= 11 is 0. The minimum Gasteiger partial charge on any atom is -0.377 e. The lowest BCUT2D eigenvalue weighted by Crippen LogP contribution is -2.25. The Morgan fingerprint density at radius 1 is 1.22 bits per heavy atom. The van der Waals surface area contributed by atoms with Gasteiger partial charge in [-0.3, -0.25) is 0 Å². The molecule has 0 aliphatic carbocycles. The highest BCUT2D eigenvalue weighted by atomic mass is 16.5.